The lowest BCUT2D eigenvalue weighted by molar-refractivity contribution is 0.103. The molecule has 0 aliphatic rings. The van der Waals surface area contributed by atoms with E-state index in [0.29, 0.717) is 10.0 Å². The highest BCUT2D eigenvalue weighted by atomic mass is 32.1. The Morgan fingerprint density at radius 2 is 1.95 bits per heavy atom. The largest absolute Gasteiger partial charge is 0.296 e. The van der Waals surface area contributed by atoms with Gasteiger partial charge in [-0.15, -0.1) is 21.5 Å². The molecule has 1 N–H and O–H groups in total. The third-order valence-corrected chi connectivity index (χ3v) is 4.45. The maximum atomic E-state index is 11.9. The van der Waals surface area contributed by atoms with Crippen LogP contribution in [0.2, 0.25) is 0 Å². The molecular weight excluding hydrogens is 290 g/mol. The van der Waals surface area contributed by atoms with E-state index in [1.807, 2.05) is 42.6 Å². The lowest BCUT2D eigenvalue weighted by Crippen LogP contribution is -2.09. The van der Waals surface area contributed by atoms with Crippen LogP contribution in [0.15, 0.2) is 41.8 Å². The first-order valence-corrected chi connectivity index (χ1v) is 7.67. The van der Waals surface area contributed by atoms with E-state index in [-0.39, 0.29) is 5.91 Å². The van der Waals surface area contributed by atoms with Gasteiger partial charge in [0.15, 0.2) is 0 Å². The molecule has 3 aromatic rings. The Labute approximate surface area is 124 Å². The molecule has 0 saturated heterocycles. The molecule has 0 aliphatic heterocycles. The monoisotopic (exact) mass is 301 g/mol. The van der Waals surface area contributed by atoms with E-state index in [1.54, 1.807) is 6.07 Å². The van der Waals surface area contributed by atoms with E-state index < -0.39 is 0 Å². The number of carbonyl (C=O) groups is 1. The van der Waals surface area contributed by atoms with Crippen molar-refractivity contribution in [1.29, 1.82) is 0 Å². The van der Waals surface area contributed by atoms with Crippen LogP contribution in [0.25, 0.3) is 10.6 Å². The highest BCUT2D eigenvalue weighted by Crippen LogP contribution is 2.26. The standard InChI is InChI=1S/C14H11N3OS2/c1-9-4-6-10(7-5-9)13-16-17-14(20-13)15-12(18)11-3-2-8-19-11/h2-8H,1H3,(H,15,17,18). The number of anilines is 1. The van der Waals surface area contributed by atoms with Crippen LogP contribution in [0, 0.1) is 6.92 Å². The molecule has 0 fully saturated rings. The van der Waals surface area contributed by atoms with E-state index in [0.717, 1.165) is 10.6 Å². The van der Waals surface area contributed by atoms with Gasteiger partial charge in [0.1, 0.15) is 5.01 Å². The molecular formula is C14H11N3OS2. The summed E-state index contributed by atoms with van der Waals surface area (Å²) in [5.41, 5.74) is 2.20. The molecule has 0 bridgehead atoms. The summed E-state index contributed by atoms with van der Waals surface area (Å²) in [5.74, 6) is -0.147. The summed E-state index contributed by atoms with van der Waals surface area (Å²) in [7, 11) is 0. The van der Waals surface area contributed by atoms with Gasteiger partial charge in [-0.3, -0.25) is 10.1 Å². The Morgan fingerprint density at radius 1 is 1.15 bits per heavy atom. The predicted octanol–water partition coefficient (Wildman–Crippen LogP) is 3.83. The first-order valence-electron chi connectivity index (χ1n) is 5.98. The summed E-state index contributed by atoms with van der Waals surface area (Å²) in [6.45, 7) is 2.04. The number of aryl methyl sites for hydroxylation is 1. The summed E-state index contributed by atoms with van der Waals surface area (Å²) < 4.78 is 0. The van der Waals surface area contributed by atoms with Gasteiger partial charge in [0, 0.05) is 5.56 Å². The van der Waals surface area contributed by atoms with Gasteiger partial charge in [-0.05, 0) is 18.4 Å². The van der Waals surface area contributed by atoms with Gasteiger partial charge in [-0.1, -0.05) is 47.2 Å². The molecule has 100 valence electrons. The SMILES string of the molecule is Cc1ccc(-c2nnc(NC(=O)c3cccs3)s2)cc1. The fourth-order valence-corrected chi connectivity index (χ4v) is 3.02. The molecule has 4 nitrogen and oxygen atoms in total. The number of nitrogens with one attached hydrogen (secondary N) is 1. The van der Waals surface area contributed by atoms with Gasteiger partial charge >= 0.3 is 0 Å². The Balaban J connectivity index is 1.77. The number of nitrogens with zero attached hydrogens (tertiary/aromatic N) is 2. The Morgan fingerprint density at radius 3 is 2.65 bits per heavy atom. The van der Waals surface area contributed by atoms with Crippen molar-refractivity contribution in [2.24, 2.45) is 0 Å². The van der Waals surface area contributed by atoms with Gasteiger partial charge < -0.3 is 0 Å². The normalized spacial score (nSPS) is 10.4. The van der Waals surface area contributed by atoms with Crippen LogP contribution in [0.3, 0.4) is 0 Å². The van der Waals surface area contributed by atoms with E-state index >= 15 is 0 Å². The lowest BCUT2D eigenvalue weighted by Gasteiger charge is -1.97. The van der Waals surface area contributed by atoms with Crippen LogP contribution in [-0.2, 0) is 0 Å². The van der Waals surface area contributed by atoms with Gasteiger partial charge in [0.25, 0.3) is 5.91 Å². The minimum atomic E-state index is -0.147. The zero-order valence-corrected chi connectivity index (χ0v) is 12.3. The fraction of sp³-hybridized carbons (Fsp3) is 0.0714. The second kappa shape index (κ2) is 5.52. The first-order chi connectivity index (χ1) is 9.72. The van der Waals surface area contributed by atoms with Gasteiger partial charge in [-0.2, -0.15) is 0 Å². The molecule has 1 aromatic carbocycles. The van der Waals surface area contributed by atoms with E-state index in [2.05, 4.69) is 15.5 Å². The first kappa shape index (κ1) is 13.0. The number of thiophene rings is 1. The predicted molar refractivity (Wildman–Crippen MR) is 82.4 cm³/mol. The third kappa shape index (κ3) is 2.76. The van der Waals surface area contributed by atoms with Crippen LogP contribution in [0.1, 0.15) is 15.2 Å². The second-order valence-corrected chi connectivity index (χ2v) is 6.14. The molecule has 3 rings (SSSR count). The fourth-order valence-electron chi connectivity index (χ4n) is 1.65. The Bertz CT molecular complexity index is 717. The average molecular weight is 301 g/mol. The second-order valence-electron chi connectivity index (χ2n) is 4.21. The zero-order valence-electron chi connectivity index (χ0n) is 10.7. The Hall–Kier alpha value is -2.05. The molecule has 0 unspecified atom stereocenters. The average Bonchev–Trinajstić information content (AvgIpc) is 3.10. The van der Waals surface area contributed by atoms with E-state index in [9.17, 15) is 4.79 Å². The minimum absolute atomic E-state index is 0.147. The van der Waals surface area contributed by atoms with Crippen LogP contribution in [0.5, 0.6) is 0 Å². The molecule has 0 spiro atoms. The zero-order chi connectivity index (χ0) is 13.9. The van der Waals surface area contributed by atoms with Gasteiger partial charge in [0.2, 0.25) is 5.13 Å². The van der Waals surface area contributed by atoms with E-state index in [1.165, 1.54) is 28.2 Å². The highest BCUT2D eigenvalue weighted by Gasteiger charge is 2.11. The van der Waals surface area contributed by atoms with Crippen molar-refractivity contribution in [3.05, 3.63) is 52.2 Å². The maximum Gasteiger partial charge on any atom is 0.267 e. The summed E-state index contributed by atoms with van der Waals surface area (Å²) in [6.07, 6.45) is 0. The molecule has 0 atom stereocenters. The van der Waals surface area contributed by atoms with Gasteiger partial charge in [0.05, 0.1) is 4.88 Å². The van der Waals surface area contributed by atoms with Crippen LogP contribution >= 0.6 is 22.7 Å². The topological polar surface area (TPSA) is 54.9 Å². The summed E-state index contributed by atoms with van der Waals surface area (Å²) in [6, 6.07) is 11.7. The number of aromatic nitrogens is 2. The summed E-state index contributed by atoms with van der Waals surface area (Å²) in [4.78, 5) is 12.6. The van der Waals surface area contributed by atoms with Crippen molar-refractivity contribution in [1.82, 2.24) is 10.2 Å². The molecule has 0 saturated carbocycles. The maximum absolute atomic E-state index is 11.9. The smallest absolute Gasteiger partial charge is 0.267 e. The molecule has 0 aliphatic carbocycles. The van der Waals surface area contributed by atoms with Crippen molar-refractivity contribution < 1.29 is 4.79 Å². The molecule has 6 heteroatoms. The Kier molecular flexibility index (Phi) is 3.58. The highest BCUT2D eigenvalue weighted by molar-refractivity contribution is 7.18. The molecule has 20 heavy (non-hydrogen) atoms. The van der Waals surface area contributed by atoms with Crippen molar-refractivity contribution in [2.75, 3.05) is 5.32 Å². The van der Waals surface area contributed by atoms with Crippen molar-refractivity contribution in [2.45, 2.75) is 6.92 Å². The number of carbonyl (C=O) groups excluding carboxylic acids is 1. The minimum Gasteiger partial charge on any atom is -0.296 e. The molecule has 0 radical (unpaired) electrons. The number of rotatable bonds is 3. The number of amides is 1. The van der Waals surface area contributed by atoms with Crippen molar-refractivity contribution >= 4 is 33.7 Å². The molecule has 2 aromatic heterocycles. The van der Waals surface area contributed by atoms with Crippen LogP contribution < -0.4 is 5.32 Å². The summed E-state index contributed by atoms with van der Waals surface area (Å²) >= 11 is 2.77. The summed E-state index contributed by atoms with van der Waals surface area (Å²) in [5, 5.41) is 14.1. The van der Waals surface area contributed by atoms with E-state index in [4.69, 9.17) is 0 Å². The molecule has 2 heterocycles. The van der Waals surface area contributed by atoms with Gasteiger partial charge in [-0.25, -0.2) is 0 Å². The van der Waals surface area contributed by atoms with Crippen molar-refractivity contribution in [3.8, 4) is 10.6 Å². The third-order valence-electron chi connectivity index (χ3n) is 2.69. The quantitative estimate of drug-likeness (QED) is 0.800. The lowest BCUT2D eigenvalue weighted by atomic mass is 10.2. The van der Waals surface area contributed by atoms with Crippen molar-refractivity contribution in [3.63, 3.8) is 0 Å². The van der Waals surface area contributed by atoms with Crippen LogP contribution in [-0.4, -0.2) is 16.1 Å². The number of benzene rings is 1. The molecule has 1 amide bonds. The number of hydrogen-bond donors (Lipinski definition) is 1. The van der Waals surface area contributed by atoms with Crippen LogP contribution in [0.4, 0.5) is 5.13 Å². The number of hydrogen-bond acceptors (Lipinski definition) is 5.